The van der Waals surface area contributed by atoms with Crippen LogP contribution in [-0.2, 0) is 6.54 Å². The third-order valence-electron chi connectivity index (χ3n) is 2.52. The van der Waals surface area contributed by atoms with Gasteiger partial charge in [0, 0.05) is 18.1 Å². The fraction of sp³-hybridized carbons (Fsp3) is 0.214. The van der Waals surface area contributed by atoms with Crippen molar-refractivity contribution in [2.75, 3.05) is 13.6 Å². The van der Waals surface area contributed by atoms with E-state index in [0.717, 1.165) is 12.1 Å². The molecular weight excluding hydrogens is 196 g/mol. The molecule has 0 fully saturated rings. The van der Waals surface area contributed by atoms with Gasteiger partial charge in [-0.3, -0.25) is 9.88 Å². The monoisotopic (exact) mass is 210 g/mol. The Morgan fingerprint density at radius 2 is 2.12 bits per heavy atom. The number of fused-ring (bicyclic) bond motifs is 1. The first-order chi connectivity index (χ1) is 7.81. The molecule has 0 aliphatic heterocycles. The predicted octanol–water partition coefficient (Wildman–Crippen LogP) is 2.30. The number of hydrogen-bond acceptors (Lipinski definition) is 2. The van der Waals surface area contributed by atoms with Crippen LogP contribution in [0.3, 0.4) is 0 Å². The molecule has 0 atom stereocenters. The number of terminal acetylenes is 1. The molecule has 0 amide bonds. The van der Waals surface area contributed by atoms with Crippen molar-refractivity contribution in [2.24, 2.45) is 0 Å². The lowest BCUT2D eigenvalue weighted by Gasteiger charge is -2.14. The SMILES string of the molecule is C#CCN(C)Cc1cccc2cccnc12. The van der Waals surface area contributed by atoms with Crippen LogP contribution in [0.4, 0.5) is 0 Å². The smallest absolute Gasteiger partial charge is 0.0746 e. The first-order valence-electron chi connectivity index (χ1n) is 5.26. The summed E-state index contributed by atoms with van der Waals surface area (Å²) in [5.41, 5.74) is 2.28. The zero-order valence-corrected chi connectivity index (χ0v) is 9.35. The van der Waals surface area contributed by atoms with Gasteiger partial charge in [0.15, 0.2) is 0 Å². The second-order valence-electron chi connectivity index (χ2n) is 3.87. The highest BCUT2D eigenvalue weighted by Gasteiger charge is 2.03. The van der Waals surface area contributed by atoms with E-state index in [1.165, 1.54) is 10.9 Å². The van der Waals surface area contributed by atoms with Crippen molar-refractivity contribution in [1.29, 1.82) is 0 Å². The molecule has 0 radical (unpaired) electrons. The Hall–Kier alpha value is -1.85. The highest BCUT2D eigenvalue weighted by atomic mass is 15.1. The summed E-state index contributed by atoms with van der Waals surface area (Å²) in [6.45, 7) is 1.49. The Morgan fingerprint density at radius 1 is 1.31 bits per heavy atom. The second kappa shape index (κ2) is 4.78. The highest BCUT2D eigenvalue weighted by Crippen LogP contribution is 2.16. The number of hydrogen-bond donors (Lipinski definition) is 0. The summed E-state index contributed by atoms with van der Waals surface area (Å²) in [6.07, 6.45) is 7.11. The molecule has 0 N–H and O–H groups in total. The lowest BCUT2D eigenvalue weighted by atomic mass is 10.1. The van der Waals surface area contributed by atoms with Crippen molar-refractivity contribution in [3.05, 3.63) is 42.1 Å². The molecule has 0 saturated heterocycles. The van der Waals surface area contributed by atoms with Gasteiger partial charge in [0.2, 0.25) is 0 Å². The summed E-state index contributed by atoms with van der Waals surface area (Å²) in [6, 6.07) is 10.3. The molecule has 0 aliphatic carbocycles. The van der Waals surface area contributed by atoms with Crippen LogP contribution < -0.4 is 0 Å². The molecule has 1 aromatic heterocycles. The Balaban J connectivity index is 2.34. The van der Waals surface area contributed by atoms with Crippen molar-refractivity contribution in [2.45, 2.75) is 6.54 Å². The van der Waals surface area contributed by atoms with E-state index in [-0.39, 0.29) is 0 Å². The van der Waals surface area contributed by atoms with Gasteiger partial charge in [-0.05, 0) is 18.7 Å². The Bertz CT molecular complexity index is 520. The maximum absolute atomic E-state index is 5.29. The van der Waals surface area contributed by atoms with Crippen LogP contribution in [0.25, 0.3) is 10.9 Å². The van der Waals surface area contributed by atoms with Crippen LogP contribution in [0, 0.1) is 12.3 Å². The standard InChI is InChI=1S/C14H14N2/c1-3-10-16(2)11-13-7-4-6-12-8-5-9-15-14(12)13/h1,4-9H,10-11H2,2H3. The minimum absolute atomic E-state index is 0.656. The second-order valence-corrected chi connectivity index (χ2v) is 3.87. The Labute approximate surface area is 95.9 Å². The molecule has 2 heteroatoms. The van der Waals surface area contributed by atoms with Crippen LogP contribution in [0.2, 0.25) is 0 Å². The average Bonchev–Trinajstić information content (AvgIpc) is 2.30. The van der Waals surface area contributed by atoms with Gasteiger partial charge in [-0.25, -0.2) is 0 Å². The number of para-hydroxylation sites is 1. The normalized spacial score (nSPS) is 10.6. The molecule has 2 nitrogen and oxygen atoms in total. The first-order valence-corrected chi connectivity index (χ1v) is 5.26. The molecule has 1 heterocycles. The van der Waals surface area contributed by atoms with E-state index < -0.39 is 0 Å². The summed E-state index contributed by atoms with van der Waals surface area (Å²) in [5, 5.41) is 1.18. The summed E-state index contributed by atoms with van der Waals surface area (Å²) in [5.74, 6) is 2.64. The molecule has 16 heavy (non-hydrogen) atoms. The fourth-order valence-electron chi connectivity index (χ4n) is 1.80. The molecule has 0 bridgehead atoms. The van der Waals surface area contributed by atoms with E-state index in [1.54, 1.807) is 0 Å². The number of pyridine rings is 1. The highest BCUT2D eigenvalue weighted by molar-refractivity contribution is 5.81. The molecule has 2 rings (SSSR count). The molecule has 0 spiro atoms. The molecule has 0 aliphatic rings. The molecule has 0 saturated carbocycles. The van der Waals surface area contributed by atoms with E-state index in [4.69, 9.17) is 6.42 Å². The van der Waals surface area contributed by atoms with E-state index in [9.17, 15) is 0 Å². The van der Waals surface area contributed by atoms with Gasteiger partial charge in [0.1, 0.15) is 0 Å². The topological polar surface area (TPSA) is 16.1 Å². The lowest BCUT2D eigenvalue weighted by molar-refractivity contribution is 0.370. The minimum Gasteiger partial charge on any atom is -0.291 e. The predicted molar refractivity (Wildman–Crippen MR) is 66.9 cm³/mol. The Kier molecular flexibility index (Phi) is 3.19. The van der Waals surface area contributed by atoms with Crippen molar-refractivity contribution in [1.82, 2.24) is 9.88 Å². The quantitative estimate of drug-likeness (QED) is 0.723. The zero-order valence-electron chi connectivity index (χ0n) is 9.35. The maximum atomic E-state index is 5.29. The number of benzene rings is 1. The third kappa shape index (κ3) is 2.21. The van der Waals surface area contributed by atoms with Gasteiger partial charge in [-0.2, -0.15) is 0 Å². The van der Waals surface area contributed by atoms with Crippen molar-refractivity contribution in [3.8, 4) is 12.3 Å². The summed E-state index contributed by atoms with van der Waals surface area (Å²) in [4.78, 5) is 6.52. The summed E-state index contributed by atoms with van der Waals surface area (Å²) in [7, 11) is 2.02. The molecule has 1 aromatic carbocycles. The maximum Gasteiger partial charge on any atom is 0.0746 e. The molecule has 0 unspecified atom stereocenters. The fourth-order valence-corrected chi connectivity index (χ4v) is 1.80. The molecule has 2 aromatic rings. The Morgan fingerprint density at radius 3 is 2.94 bits per heavy atom. The van der Waals surface area contributed by atoms with Crippen LogP contribution in [-0.4, -0.2) is 23.5 Å². The van der Waals surface area contributed by atoms with E-state index in [0.29, 0.717) is 6.54 Å². The van der Waals surface area contributed by atoms with E-state index in [2.05, 4.69) is 40.1 Å². The third-order valence-corrected chi connectivity index (χ3v) is 2.52. The molecular formula is C14H14N2. The largest absolute Gasteiger partial charge is 0.291 e. The van der Waals surface area contributed by atoms with Crippen LogP contribution in [0.15, 0.2) is 36.5 Å². The number of rotatable bonds is 3. The van der Waals surface area contributed by atoms with Crippen molar-refractivity contribution < 1.29 is 0 Å². The van der Waals surface area contributed by atoms with Crippen LogP contribution >= 0.6 is 0 Å². The summed E-state index contributed by atoms with van der Waals surface area (Å²) < 4.78 is 0. The van der Waals surface area contributed by atoms with Crippen molar-refractivity contribution >= 4 is 10.9 Å². The zero-order chi connectivity index (χ0) is 11.4. The van der Waals surface area contributed by atoms with Crippen LogP contribution in [0.5, 0.6) is 0 Å². The number of nitrogens with zero attached hydrogens (tertiary/aromatic N) is 2. The lowest BCUT2D eigenvalue weighted by Crippen LogP contribution is -2.18. The van der Waals surface area contributed by atoms with Gasteiger partial charge in [0.05, 0.1) is 12.1 Å². The van der Waals surface area contributed by atoms with Crippen LogP contribution in [0.1, 0.15) is 5.56 Å². The van der Waals surface area contributed by atoms with Gasteiger partial charge in [-0.1, -0.05) is 30.2 Å². The van der Waals surface area contributed by atoms with Gasteiger partial charge >= 0.3 is 0 Å². The van der Waals surface area contributed by atoms with Crippen molar-refractivity contribution in [3.63, 3.8) is 0 Å². The molecule has 80 valence electrons. The summed E-state index contributed by atoms with van der Waals surface area (Å²) >= 11 is 0. The van der Waals surface area contributed by atoms with E-state index in [1.807, 2.05) is 19.3 Å². The van der Waals surface area contributed by atoms with Gasteiger partial charge < -0.3 is 0 Å². The van der Waals surface area contributed by atoms with Gasteiger partial charge in [-0.15, -0.1) is 6.42 Å². The van der Waals surface area contributed by atoms with Gasteiger partial charge in [0.25, 0.3) is 0 Å². The minimum atomic E-state index is 0.656. The average molecular weight is 210 g/mol. The number of aromatic nitrogens is 1. The first kappa shape index (κ1) is 10.7. The van der Waals surface area contributed by atoms with E-state index >= 15 is 0 Å².